The molecular weight excluding hydrogens is 182 g/mol. The Morgan fingerprint density at radius 2 is 2.43 bits per heavy atom. The van der Waals surface area contributed by atoms with Crippen molar-refractivity contribution < 1.29 is 9.59 Å². The molecule has 3 N–H and O–H groups in total. The highest BCUT2D eigenvalue weighted by Crippen LogP contribution is 2.34. The fourth-order valence-electron chi connectivity index (χ4n) is 1.85. The number of carbonyl (C=O) groups excluding carboxylic acids is 2. The van der Waals surface area contributed by atoms with Gasteiger partial charge in [-0.1, -0.05) is 12.2 Å². The summed E-state index contributed by atoms with van der Waals surface area (Å²) in [7, 11) is 0. The van der Waals surface area contributed by atoms with E-state index >= 15 is 0 Å². The minimum Gasteiger partial charge on any atom is -0.275 e. The lowest BCUT2D eigenvalue weighted by Crippen LogP contribution is -2.43. The zero-order valence-electron chi connectivity index (χ0n) is 7.56. The number of urea groups is 1. The molecular formula is C9H11N3O2. The lowest BCUT2D eigenvalue weighted by molar-refractivity contribution is -0.124. The zero-order valence-corrected chi connectivity index (χ0v) is 7.56. The van der Waals surface area contributed by atoms with Crippen molar-refractivity contribution in [3.63, 3.8) is 0 Å². The number of hydrogen-bond acceptors (Lipinski definition) is 3. The van der Waals surface area contributed by atoms with Gasteiger partial charge in [0.1, 0.15) is 0 Å². The second kappa shape index (κ2) is 3.26. The molecule has 2 rings (SSSR count). The van der Waals surface area contributed by atoms with Crippen LogP contribution in [-0.2, 0) is 4.79 Å². The second-order valence-corrected chi connectivity index (χ2v) is 3.34. The third kappa shape index (κ3) is 1.22. The summed E-state index contributed by atoms with van der Waals surface area (Å²) in [5.41, 5.74) is 2.72. The maximum Gasteiger partial charge on any atom is 0.342 e. The highest BCUT2D eigenvalue weighted by molar-refractivity contribution is 5.99. The molecule has 14 heavy (non-hydrogen) atoms. The molecule has 3 amide bonds. The van der Waals surface area contributed by atoms with Crippen molar-refractivity contribution in [3.8, 4) is 0 Å². The summed E-state index contributed by atoms with van der Waals surface area (Å²) >= 11 is 0. The Labute approximate surface area is 81.2 Å². The van der Waals surface area contributed by atoms with Gasteiger partial charge in [0.15, 0.2) is 0 Å². The van der Waals surface area contributed by atoms with Crippen LogP contribution in [0.5, 0.6) is 0 Å². The predicted molar refractivity (Wildman–Crippen MR) is 49.5 cm³/mol. The molecule has 5 heteroatoms. The number of amides is 3. The first-order chi connectivity index (χ1) is 6.74. The van der Waals surface area contributed by atoms with E-state index in [2.05, 4.69) is 0 Å². The van der Waals surface area contributed by atoms with Crippen molar-refractivity contribution in [1.29, 1.82) is 0 Å². The molecule has 5 nitrogen and oxygen atoms in total. The van der Waals surface area contributed by atoms with Gasteiger partial charge in [-0.2, -0.15) is 0 Å². The van der Waals surface area contributed by atoms with E-state index < -0.39 is 6.03 Å². The van der Waals surface area contributed by atoms with Gasteiger partial charge < -0.3 is 0 Å². The predicted octanol–water partition coefficient (Wildman–Crippen LogP) is 0.262. The molecule has 1 atom stereocenters. The summed E-state index contributed by atoms with van der Waals surface area (Å²) in [4.78, 5) is 23.9. The summed E-state index contributed by atoms with van der Waals surface area (Å²) in [6.45, 7) is 0. The van der Waals surface area contributed by atoms with E-state index in [4.69, 9.17) is 5.84 Å². The van der Waals surface area contributed by atoms with Crippen molar-refractivity contribution in [2.24, 2.45) is 11.8 Å². The summed E-state index contributed by atoms with van der Waals surface area (Å²) in [5.74, 6) is 4.95. The third-order valence-electron chi connectivity index (χ3n) is 2.50. The van der Waals surface area contributed by atoms with Crippen LogP contribution < -0.4 is 11.3 Å². The standard InChI is InChI=1S/C9H11N3O2/c10-11-9(14)12-7-4-2-1-3-6(7)5-8(12)13/h1-2,4,6H,3,5,10H2,(H,11,14). The normalized spacial score (nSPS) is 24.6. The number of fused-ring (bicyclic) bond motifs is 1. The molecule has 0 bridgehead atoms. The van der Waals surface area contributed by atoms with Crippen molar-refractivity contribution in [2.45, 2.75) is 12.8 Å². The number of nitrogens with one attached hydrogen (secondary N) is 1. The Bertz CT molecular complexity index is 338. The third-order valence-corrected chi connectivity index (χ3v) is 2.50. The summed E-state index contributed by atoms with van der Waals surface area (Å²) in [5, 5.41) is 0. The van der Waals surface area contributed by atoms with Crippen LogP contribution in [0.15, 0.2) is 23.9 Å². The van der Waals surface area contributed by atoms with Crippen LogP contribution in [0, 0.1) is 5.92 Å². The minimum atomic E-state index is -0.556. The molecule has 1 fully saturated rings. The van der Waals surface area contributed by atoms with Crippen molar-refractivity contribution in [1.82, 2.24) is 10.3 Å². The molecule has 0 aromatic heterocycles. The highest BCUT2D eigenvalue weighted by Gasteiger charge is 2.38. The van der Waals surface area contributed by atoms with Crippen LogP contribution in [0.1, 0.15) is 12.8 Å². The van der Waals surface area contributed by atoms with Crippen LogP contribution in [0.25, 0.3) is 0 Å². The fraction of sp³-hybridized carbons (Fsp3) is 0.333. The average molecular weight is 193 g/mol. The Morgan fingerprint density at radius 1 is 1.64 bits per heavy atom. The summed E-state index contributed by atoms with van der Waals surface area (Å²) in [6, 6.07) is -0.556. The van der Waals surface area contributed by atoms with E-state index in [-0.39, 0.29) is 11.8 Å². The lowest BCUT2D eigenvalue weighted by Gasteiger charge is -2.18. The number of rotatable bonds is 0. The molecule has 0 aromatic rings. The number of likely N-dealkylation sites (tertiary alicyclic amines) is 1. The zero-order chi connectivity index (χ0) is 10.1. The first-order valence-electron chi connectivity index (χ1n) is 4.44. The Morgan fingerprint density at radius 3 is 3.14 bits per heavy atom. The van der Waals surface area contributed by atoms with E-state index in [0.717, 1.165) is 17.0 Å². The summed E-state index contributed by atoms with van der Waals surface area (Å²) < 4.78 is 0. The number of carbonyl (C=O) groups is 2. The molecule has 2 aliphatic rings. The van der Waals surface area contributed by atoms with Gasteiger partial charge in [0.2, 0.25) is 5.91 Å². The molecule has 0 aromatic carbocycles. The number of hydrogen-bond donors (Lipinski definition) is 2. The molecule has 1 aliphatic heterocycles. The smallest absolute Gasteiger partial charge is 0.275 e. The number of nitrogens with zero attached hydrogens (tertiary/aromatic N) is 1. The topological polar surface area (TPSA) is 75.4 Å². The number of imide groups is 1. The van der Waals surface area contributed by atoms with Gasteiger partial charge in [-0.3, -0.25) is 10.2 Å². The molecule has 1 aliphatic carbocycles. The van der Waals surface area contributed by atoms with Gasteiger partial charge in [0, 0.05) is 18.0 Å². The highest BCUT2D eigenvalue weighted by atomic mass is 16.2. The van der Waals surface area contributed by atoms with Gasteiger partial charge in [-0.05, 0) is 12.5 Å². The van der Waals surface area contributed by atoms with Gasteiger partial charge >= 0.3 is 6.03 Å². The molecule has 1 saturated heterocycles. The first kappa shape index (κ1) is 8.96. The Kier molecular flexibility index (Phi) is 2.09. The van der Waals surface area contributed by atoms with Gasteiger partial charge in [-0.25, -0.2) is 15.5 Å². The van der Waals surface area contributed by atoms with Crippen LogP contribution in [-0.4, -0.2) is 16.8 Å². The maximum absolute atomic E-state index is 11.5. The van der Waals surface area contributed by atoms with Crippen molar-refractivity contribution in [2.75, 3.05) is 0 Å². The van der Waals surface area contributed by atoms with E-state index in [0.29, 0.717) is 6.42 Å². The monoisotopic (exact) mass is 193 g/mol. The van der Waals surface area contributed by atoms with E-state index in [1.54, 1.807) is 6.08 Å². The van der Waals surface area contributed by atoms with Crippen molar-refractivity contribution >= 4 is 11.9 Å². The Balaban J connectivity index is 2.30. The van der Waals surface area contributed by atoms with Crippen LogP contribution in [0.4, 0.5) is 4.79 Å². The number of allylic oxidation sites excluding steroid dienone is 4. The quantitative estimate of drug-likeness (QED) is 0.329. The SMILES string of the molecule is NNC(=O)N1C(=O)CC2CC=CC=C21. The molecule has 1 heterocycles. The van der Waals surface area contributed by atoms with E-state index in [9.17, 15) is 9.59 Å². The van der Waals surface area contributed by atoms with Crippen molar-refractivity contribution in [3.05, 3.63) is 23.9 Å². The summed E-state index contributed by atoms with van der Waals surface area (Å²) in [6.07, 6.45) is 6.83. The van der Waals surface area contributed by atoms with Crippen LogP contribution in [0.2, 0.25) is 0 Å². The molecule has 0 radical (unpaired) electrons. The van der Waals surface area contributed by atoms with Crippen LogP contribution in [0.3, 0.4) is 0 Å². The molecule has 1 unspecified atom stereocenters. The molecule has 0 saturated carbocycles. The largest absolute Gasteiger partial charge is 0.342 e. The Hall–Kier alpha value is -1.62. The second-order valence-electron chi connectivity index (χ2n) is 3.34. The average Bonchev–Trinajstić information content (AvgIpc) is 2.53. The molecule has 74 valence electrons. The van der Waals surface area contributed by atoms with Gasteiger partial charge in [-0.15, -0.1) is 0 Å². The minimum absolute atomic E-state index is 0.143. The van der Waals surface area contributed by atoms with Gasteiger partial charge in [0.25, 0.3) is 0 Å². The number of nitrogens with two attached hydrogens (primary N) is 1. The maximum atomic E-state index is 11.5. The fourth-order valence-corrected chi connectivity index (χ4v) is 1.85. The molecule has 0 spiro atoms. The van der Waals surface area contributed by atoms with E-state index in [1.165, 1.54) is 0 Å². The lowest BCUT2D eigenvalue weighted by atomic mass is 9.97. The first-order valence-corrected chi connectivity index (χ1v) is 4.44. The van der Waals surface area contributed by atoms with Crippen LogP contribution >= 0.6 is 0 Å². The van der Waals surface area contributed by atoms with E-state index in [1.807, 2.05) is 17.6 Å². The number of hydrazine groups is 1. The van der Waals surface area contributed by atoms with Gasteiger partial charge in [0.05, 0.1) is 0 Å².